The van der Waals surface area contributed by atoms with E-state index in [4.69, 9.17) is 33.5 Å². The van der Waals surface area contributed by atoms with Crippen LogP contribution in [0.4, 0.5) is 5.69 Å². The zero-order valence-corrected chi connectivity index (χ0v) is 22.7. The fourth-order valence-corrected chi connectivity index (χ4v) is 6.33. The molecule has 6 rings (SSSR count). The first-order chi connectivity index (χ1) is 17.8. The van der Waals surface area contributed by atoms with Crippen LogP contribution in [0.15, 0.2) is 47.5 Å². The highest BCUT2D eigenvalue weighted by Crippen LogP contribution is 2.39. The number of anilines is 1. The van der Waals surface area contributed by atoms with Gasteiger partial charge in [0.15, 0.2) is 10.9 Å². The maximum atomic E-state index is 13.3. The molecular weight excluding hydrogens is 526 g/mol. The number of halogens is 1. The van der Waals surface area contributed by atoms with Crippen LogP contribution >= 0.6 is 35.2 Å². The van der Waals surface area contributed by atoms with E-state index in [-0.39, 0.29) is 12.3 Å². The Hall–Kier alpha value is -3.40. The highest BCUT2D eigenvalue weighted by Gasteiger charge is 2.32. The summed E-state index contributed by atoms with van der Waals surface area (Å²) in [5.41, 5.74) is 6.49. The predicted octanol–water partition coefficient (Wildman–Crippen LogP) is 6.03. The van der Waals surface area contributed by atoms with Crippen molar-refractivity contribution in [1.29, 1.82) is 0 Å². The van der Waals surface area contributed by atoms with Gasteiger partial charge in [0.2, 0.25) is 5.91 Å². The monoisotopic (exact) mass is 547 g/mol. The molecule has 1 amide bonds. The number of hydrogen-bond donors (Lipinski definition) is 1. The smallest absolute Gasteiger partial charge is 0.227 e. The largest absolute Gasteiger partial charge is 0.478 e. The first-order valence-corrected chi connectivity index (χ1v) is 13.4. The number of aryl methyl sites for hydroxylation is 2. The molecule has 2 aromatic heterocycles. The quantitative estimate of drug-likeness (QED) is 0.315. The molecule has 0 bridgehead atoms. The first-order valence-electron chi connectivity index (χ1n) is 11.8. The SMILES string of the molecule is Cc1sc2c(c1C)C(c1ccc(Cl)cc1)=N[C@@H](CC(=O)Nc1ccc3c(c1)COC3=S)c1nnc(C)n1-2. The van der Waals surface area contributed by atoms with E-state index in [1.54, 1.807) is 11.3 Å². The second-order valence-corrected chi connectivity index (χ2v) is 11.1. The molecule has 186 valence electrons. The first kappa shape index (κ1) is 24.0. The minimum absolute atomic E-state index is 0.105. The average molecular weight is 548 g/mol. The molecule has 0 saturated carbocycles. The number of nitrogens with one attached hydrogen (secondary N) is 1. The van der Waals surface area contributed by atoms with Crippen molar-refractivity contribution in [2.75, 3.05) is 5.32 Å². The van der Waals surface area contributed by atoms with Crippen molar-refractivity contribution in [3.05, 3.63) is 91.8 Å². The van der Waals surface area contributed by atoms with Crippen molar-refractivity contribution < 1.29 is 9.53 Å². The van der Waals surface area contributed by atoms with Gasteiger partial charge in [-0.3, -0.25) is 14.4 Å². The number of carbonyl (C=O) groups excluding carboxylic acids is 1. The van der Waals surface area contributed by atoms with Gasteiger partial charge < -0.3 is 10.1 Å². The van der Waals surface area contributed by atoms with E-state index >= 15 is 0 Å². The summed E-state index contributed by atoms with van der Waals surface area (Å²) in [6.45, 7) is 6.55. The summed E-state index contributed by atoms with van der Waals surface area (Å²) in [4.78, 5) is 19.6. The predicted molar refractivity (Wildman–Crippen MR) is 149 cm³/mol. The van der Waals surface area contributed by atoms with Gasteiger partial charge in [-0.1, -0.05) is 23.7 Å². The molecule has 0 unspecified atom stereocenters. The Morgan fingerprint density at radius 3 is 2.76 bits per heavy atom. The third-order valence-electron chi connectivity index (χ3n) is 6.70. The van der Waals surface area contributed by atoms with Crippen LogP contribution in [0.2, 0.25) is 5.02 Å². The molecule has 0 spiro atoms. The normalized spacial score (nSPS) is 15.8. The van der Waals surface area contributed by atoms with Gasteiger partial charge in [0, 0.05) is 37.8 Å². The highest BCUT2D eigenvalue weighted by atomic mass is 35.5. The number of aromatic nitrogens is 3. The van der Waals surface area contributed by atoms with Gasteiger partial charge in [-0.15, -0.1) is 21.5 Å². The van der Waals surface area contributed by atoms with Crippen LogP contribution < -0.4 is 5.32 Å². The molecule has 10 heteroatoms. The lowest BCUT2D eigenvalue weighted by atomic mass is 9.99. The molecule has 2 aliphatic rings. The van der Waals surface area contributed by atoms with Gasteiger partial charge in [-0.05, 0) is 68.9 Å². The number of carbonyl (C=O) groups is 1. The van der Waals surface area contributed by atoms with E-state index in [1.807, 2.05) is 54.0 Å². The second kappa shape index (κ2) is 9.16. The molecule has 7 nitrogen and oxygen atoms in total. The van der Waals surface area contributed by atoms with Crippen LogP contribution in [0.25, 0.3) is 5.00 Å². The van der Waals surface area contributed by atoms with Gasteiger partial charge in [-0.2, -0.15) is 0 Å². The van der Waals surface area contributed by atoms with E-state index in [0.29, 0.717) is 28.2 Å². The molecule has 1 N–H and O–H groups in total. The van der Waals surface area contributed by atoms with Crippen molar-refractivity contribution in [2.24, 2.45) is 4.99 Å². The summed E-state index contributed by atoms with van der Waals surface area (Å²) in [5.74, 6) is 1.23. The number of aliphatic imine (C=N–C) groups is 1. The molecular formula is C27H22ClN5O2S2. The van der Waals surface area contributed by atoms with E-state index in [0.717, 1.165) is 44.4 Å². The van der Waals surface area contributed by atoms with Crippen LogP contribution in [-0.4, -0.2) is 31.4 Å². The Bertz CT molecular complexity index is 1620. The van der Waals surface area contributed by atoms with E-state index in [2.05, 4.69) is 29.4 Å². The molecule has 37 heavy (non-hydrogen) atoms. The van der Waals surface area contributed by atoms with E-state index in [1.165, 1.54) is 4.88 Å². The number of nitrogens with zero attached hydrogens (tertiary/aromatic N) is 4. The number of thiocarbonyl (C=S) groups is 1. The molecule has 2 aliphatic heterocycles. The number of benzene rings is 2. The maximum Gasteiger partial charge on any atom is 0.227 e. The lowest BCUT2D eigenvalue weighted by Gasteiger charge is -2.13. The van der Waals surface area contributed by atoms with Crippen LogP contribution in [0.5, 0.6) is 0 Å². The van der Waals surface area contributed by atoms with Crippen molar-refractivity contribution in [3.63, 3.8) is 0 Å². The number of hydrogen-bond acceptors (Lipinski definition) is 7. The van der Waals surface area contributed by atoms with E-state index in [9.17, 15) is 4.79 Å². The van der Waals surface area contributed by atoms with Crippen molar-refractivity contribution in [3.8, 4) is 5.00 Å². The summed E-state index contributed by atoms with van der Waals surface area (Å²) in [6, 6.07) is 12.7. The molecule has 0 fully saturated rings. The Balaban J connectivity index is 1.40. The molecule has 2 aromatic carbocycles. The number of ether oxygens (including phenoxy) is 1. The summed E-state index contributed by atoms with van der Waals surface area (Å²) in [5, 5.41) is 14.0. The number of thiophene rings is 1. The topological polar surface area (TPSA) is 81.4 Å². The van der Waals surface area contributed by atoms with Gasteiger partial charge in [-0.25, -0.2) is 0 Å². The number of amides is 1. The Morgan fingerprint density at radius 1 is 1.19 bits per heavy atom. The second-order valence-electron chi connectivity index (χ2n) is 9.10. The summed E-state index contributed by atoms with van der Waals surface area (Å²) < 4.78 is 7.48. The molecule has 1 atom stereocenters. The Morgan fingerprint density at radius 2 is 1.97 bits per heavy atom. The zero-order chi connectivity index (χ0) is 25.8. The average Bonchev–Trinajstić information content (AvgIpc) is 3.49. The maximum absolute atomic E-state index is 13.3. The third-order valence-corrected chi connectivity index (χ3v) is 8.49. The zero-order valence-electron chi connectivity index (χ0n) is 20.3. The number of rotatable bonds is 4. The molecule has 0 saturated heterocycles. The Labute approximate surface area is 228 Å². The van der Waals surface area contributed by atoms with Crippen LogP contribution in [0.1, 0.15) is 56.8 Å². The van der Waals surface area contributed by atoms with Crippen LogP contribution in [0, 0.1) is 20.8 Å². The molecule has 4 heterocycles. The van der Waals surface area contributed by atoms with Crippen molar-refractivity contribution in [1.82, 2.24) is 14.8 Å². The highest BCUT2D eigenvalue weighted by molar-refractivity contribution is 7.80. The van der Waals surface area contributed by atoms with Gasteiger partial charge in [0.05, 0.1) is 12.1 Å². The lowest BCUT2D eigenvalue weighted by molar-refractivity contribution is -0.116. The van der Waals surface area contributed by atoms with Gasteiger partial charge in [0.1, 0.15) is 23.5 Å². The molecule has 0 radical (unpaired) electrons. The fourth-order valence-electron chi connectivity index (χ4n) is 4.73. The molecule has 4 aromatic rings. The van der Waals surface area contributed by atoms with Crippen molar-refractivity contribution >= 4 is 57.5 Å². The standard InChI is InChI=1S/C27H22ClN5O2S2/c1-13-14(2)37-26-23(13)24(16-4-6-18(28)7-5-16)30-21(25-32-31-15(3)33(25)26)11-22(34)29-19-8-9-20-17(10-19)12-35-27(20)36/h4-10,21H,11-12H2,1-3H3,(H,29,34)/t21-/m0/s1. The summed E-state index contributed by atoms with van der Waals surface area (Å²) in [6.07, 6.45) is 0.105. The Kier molecular flexibility index (Phi) is 5.94. The summed E-state index contributed by atoms with van der Waals surface area (Å²) >= 11 is 13.1. The minimum atomic E-state index is -0.531. The van der Waals surface area contributed by atoms with Crippen molar-refractivity contribution in [2.45, 2.75) is 39.8 Å². The lowest BCUT2D eigenvalue weighted by Crippen LogP contribution is -2.17. The molecule has 0 aliphatic carbocycles. The van der Waals surface area contributed by atoms with Gasteiger partial charge >= 0.3 is 0 Å². The van der Waals surface area contributed by atoms with Crippen LogP contribution in [0.3, 0.4) is 0 Å². The number of fused-ring (bicyclic) bond motifs is 4. The van der Waals surface area contributed by atoms with Gasteiger partial charge in [0.25, 0.3) is 0 Å². The minimum Gasteiger partial charge on any atom is -0.478 e. The third kappa shape index (κ3) is 4.17. The fraction of sp³-hybridized carbons (Fsp3) is 0.222. The van der Waals surface area contributed by atoms with Crippen LogP contribution in [-0.2, 0) is 16.1 Å². The summed E-state index contributed by atoms with van der Waals surface area (Å²) in [7, 11) is 0. The van der Waals surface area contributed by atoms with E-state index < -0.39 is 6.04 Å².